The minimum absolute atomic E-state index is 0.139. The maximum atomic E-state index is 14.0. The van der Waals surface area contributed by atoms with Crippen molar-refractivity contribution < 1.29 is 9.50 Å². The van der Waals surface area contributed by atoms with Crippen molar-refractivity contribution in [3.63, 3.8) is 0 Å². The van der Waals surface area contributed by atoms with Crippen LogP contribution in [0.25, 0.3) is 0 Å². The lowest BCUT2D eigenvalue weighted by molar-refractivity contribution is 0.201. The fourth-order valence-electron chi connectivity index (χ4n) is 1.52. The zero-order valence-electron chi connectivity index (χ0n) is 9.58. The molecule has 94 valence electrons. The van der Waals surface area contributed by atoms with Gasteiger partial charge in [0.05, 0.1) is 16.3 Å². The molecular weight excluding hydrogens is 307 g/mol. The van der Waals surface area contributed by atoms with Crippen LogP contribution in [0.4, 0.5) is 10.1 Å². The van der Waals surface area contributed by atoms with E-state index in [-0.39, 0.29) is 9.46 Å². The van der Waals surface area contributed by atoms with Crippen LogP contribution in [0.3, 0.4) is 0 Å². The van der Waals surface area contributed by atoms with Gasteiger partial charge in [0.2, 0.25) is 0 Å². The van der Waals surface area contributed by atoms with Crippen LogP contribution in [-0.2, 0) is 0 Å². The SMILES string of the molecule is CC(O)CN(C)c1ccc(C(N)=S)c(Br)c1F. The molecule has 0 aliphatic rings. The Bertz CT molecular complexity index is 440. The van der Waals surface area contributed by atoms with Gasteiger partial charge in [-0.3, -0.25) is 0 Å². The summed E-state index contributed by atoms with van der Waals surface area (Å²) in [5.74, 6) is -0.432. The number of likely N-dealkylation sites (N-methyl/N-ethyl adjacent to an activating group) is 1. The molecule has 0 aliphatic heterocycles. The summed E-state index contributed by atoms with van der Waals surface area (Å²) in [5, 5.41) is 9.27. The van der Waals surface area contributed by atoms with E-state index in [0.717, 1.165) is 0 Å². The summed E-state index contributed by atoms with van der Waals surface area (Å²) < 4.78 is 14.3. The summed E-state index contributed by atoms with van der Waals surface area (Å²) in [5.41, 5.74) is 6.32. The number of nitrogens with two attached hydrogens (primary N) is 1. The van der Waals surface area contributed by atoms with Crippen molar-refractivity contribution in [2.45, 2.75) is 13.0 Å². The number of aliphatic hydroxyl groups is 1. The lowest BCUT2D eigenvalue weighted by Crippen LogP contribution is -2.28. The van der Waals surface area contributed by atoms with E-state index in [1.165, 1.54) is 0 Å². The lowest BCUT2D eigenvalue weighted by Gasteiger charge is -2.22. The third kappa shape index (κ3) is 3.37. The van der Waals surface area contributed by atoms with Crippen molar-refractivity contribution in [1.29, 1.82) is 0 Å². The second-order valence-corrected chi connectivity index (χ2v) is 5.09. The van der Waals surface area contributed by atoms with Crippen molar-refractivity contribution in [1.82, 2.24) is 0 Å². The number of thiocarbonyl (C=S) groups is 1. The molecule has 0 heterocycles. The Hall–Kier alpha value is -0.720. The second-order valence-electron chi connectivity index (χ2n) is 3.85. The van der Waals surface area contributed by atoms with Gasteiger partial charge in [0.15, 0.2) is 5.82 Å². The maximum absolute atomic E-state index is 14.0. The van der Waals surface area contributed by atoms with Gasteiger partial charge in [0.25, 0.3) is 0 Å². The Labute approximate surface area is 114 Å². The summed E-state index contributed by atoms with van der Waals surface area (Å²) in [6.07, 6.45) is -0.534. The molecule has 1 unspecified atom stereocenters. The number of rotatable bonds is 4. The predicted octanol–water partition coefficient (Wildman–Crippen LogP) is 2.04. The van der Waals surface area contributed by atoms with Gasteiger partial charge >= 0.3 is 0 Å². The predicted molar refractivity (Wildman–Crippen MR) is 74.9 cm³/mol. The Balaban J connectivity index is 3.12. The first-order valence-corrected chi connectivity index (χ1v) is 6.21. The van der Waals surface area contributed by atoms with Gasteiger partial charge in [-0.15, -0.1) is 0 Å². The smallest absolute Gasteiger partial charge is 0.161 e. The van der Waals surface area contributed by atoms with Crippen LogP contribution in [0, 0.1) is 5.82 Å². The third-order valence-electron chi connectivity index (χ3n) is 2.28. The van der Waals surface area contributed by atoms with E-state index in [1.54, 1.807) is 31.0 Å². The normalized spacial score (nSPS) is 12.3. The van der Waals surface area contributed by atoms with Crippen LogP contribution in [0.5, 0.6) is 0 Å². The Morgan fingerprint density at radius 3 is 2.71 bits per heavy atom. The first-order valence-electron chi connectivity index (χ1n) is 5.01. The van der Waals surface area contributed by atoms with Gasteiger partial charge in [-0.2, -0.15) is 0 Å². The Kier molecular flexibility index (Phi) is 4.85. The highest BCUT2D eigenvalue weighted by Gasteiger charge is 2.16. The molecule has 0 aromatic heterocycles. The molecule has 0 fully saturated rings. The molecule has 1 aromatic carbocycles. The molecule has 1 aromatic rings. The highest BCUT2D eigenvalue weighted by Crippen LogP contribution is 2.29. The number of benzene rings is 1. The zero-order chi connectivity index (χ0) is 13.2. The van der Waals surface area contributed by atoms with Crippen LogP contribution in [0.15, 0.2) is 16.6 Å². The first-order chi connectivity index (χ1) is 7.84. The summed E-state index contributed by atoms with van der Waals surface area (Å²) >= 11 is 7.95. The number of hydrogen-bond donors (Lipinski definition) is 2. The standard InChI is InChI=1S/C11H14BrFN2OS/c1-6(16)5-15(2)8-4-3-7(11(14)17)9(12)10(8)13/h3-4,6,16H,5H2,1-2H3,(H2,14,17). The van der Waals surface area contributed by atoms with Crippen molar-refractivity contribution in [3.8, 4) is 0 Å². The van der Waals surface area contributed by atoms with Gasteiger partial charge in [-0.05, 0) is 35.0 Å². The number of nitrogens with zero attached hydrogens (tertiary/aromatic N) is 1. The first kappa shape index (κ1) is 14.3. The lowest BCUT2D eigenvalue weighted by atomic mass is 10.2. The van der Waals surface area contributed by atoms with E-state index in [2.05, 4.69) is 15.9 Å². The highest BCUT2D eigenvalue weighted by atomic mass is 79.9. The largest absolute Gasteiger partial charge is 0.392 e. The fraction of sp³-hybridized carbons (Fsp3) is 0.364. The van der Waals surface area contributed by atoms with E-state index in [4.69, 9.17) is 18.0 Å². The molecule has 0 saturated heterocycles. The number of anilines is 1. The molecule has 0 amide bonds. The van der Waals surface area contributed by atoms with Crippen molar-refractivity contribution in [3.05, 3.63) is 28.0 Å². The van der Waals surface area contributed by atoms with E-state index in [9.17, 15) is 9.50 Å². The van der Waals surface area contributed by atoms with Gasteiger partial charge < -0.3 is 15.7 Å². The minimum atomic E-state index is -0.534. The van der Waals surface area contributed by atoms with Crippen LogP contribution in [0.1, 0.15) is 12.5 Å². The van der Waals surface area contributed by atoms with Crippen LogP contribution in [0.2, 0.25) is 0 Å². The van der Waals surface area contributed by atoms with Crippen LogP contribution in [-0.4, -0.2) is 29.8 Å². The number of halogens is 2. The molecule has 0 spiro atoms. The molecule has 1 atom stereocenters. The molecule has 6 heteroatoms. The minimum Gasteiger partial charge on any atom is -0.392 e. The summed E-state index contributed by atoms with van der Waals surface area (Å²) in [6, 6.07) is 3.25. The fourth-order valence-corrected chi connectivity index (χ4v) is 2.37. The monoisotopic (exact) mass is 320 g/mol. The summed E-state index contributed by atoms with van der Waals surface area (Å²) in [7, 11) is 1.71. The molecule has 0 radical (unpaired) electrons. The third-order valence-corrected chi connectivity index (χ3v) is 3.27. The Morgan fingerprint density at radius 1 is 1.65 bits per heavy atom. The summed E-state index contributed by atoms with van der Waals surface area (Å²) in [4.78, 5) is 1.77. The van der Waals surface area contributed by atoms with Crippen LogP contribution < -0.4 is 10.6 Å². The van der Waals surface area contributed by atoms with Gasteiger partial charge in [-0.1, -0.05) is 12.2 Å². The molecule has 0 bridgehead atoms. The van der Waals surface area contributed by atoms with Crippen molar-refractivity contribution >= 4 is 38.8 Å². The number of hydrogen-bond acceptors (Lipinski definition) is 3. The van der Waals surface area contributed by atoms with Crippen molar-refractivity contribution in [2.24, 2.45) is 5.73 Å². The number of aliphatic hydroxyl groups excluding tert-OH is 1. The van der Waals surface area contributed by atoms with Gasteiger partial charge in [0.1, 0.15) is 4.99 Å². The molecule has 3 N–H and O–H groups in total. The van der Waals surface area contributed by atoms with E-state index < -0.39 is 11.9 Å². The van der Waals surface area contributed by atoms with E-state index in [0.29, 0.717) is 17.8 Å². The van der Waals surface area contributed by atoms with Gasteiger partial charge in [-0.25, -0.2) is 4.39 Å². The molecular formula is C11H14BrFN2OS. The van der Waals surface area contributed by atoms with Gasteiger partial charge in [0, 0.05) is 19.2 Å². The molecule has 0 aliphatic carbocycles. The topological polar surface area (TPSA) is 49.5 Å². The quantitative estimate of drug-likeness (QED) is 0.834. The van der Waals surface area contributed by atoms with Crippen LogP contribution >= 0.6 is 28.1 Å². The highest BCUT2D eigenvalue weighted by molar-refractivity contribution is 9.10. The zero-order valence-corrected chi connectivity index (χ0v) is 12.0. The van der Waals surface area contributed by atoms with Crippen molar-refractivity contribution in [2.75, 3.05) is 18.5 Å². The summed E-state index contributed by atoms with van der Waals surface area (Å²) in [6.45, 7) is 1.99. The molecule has 0 saturated carbocycles. The maximum Gasteiger partial charge on any atom is 0.161 e. The molecule has 17 heavy (non-hydrogen) atoms. The average Bonchev–Trinajstić information content (AvgIpc) is 2.20. The molecule has 3 nitrogen and oxygen atoms in total. The average molecular weight is 321 g/mol. The van der Waals surface area contributed by atoms with E-state index >= 15 is 0 Å². The van der Waals surface area contributed by atoms with E-state index in [1.807, 2.05) is 0 Å². The second kappa shape index (κ2) is 5.75. The molecule has 1 rings (SSSR count). The Morgan fingerprint density at radius 2 is 2.24 bits per heavy atom.